The molecule has 0 bridgehead atoms. The van der Waals surface area contributed by atoms with Crippen LogP contribution in [0.25, 0.3) is 0 Å². The summed E-state index contributed by atoms with van der Waals surface area (Å²) in [6.45, 7) is 11.4. The number of hydrogen-bond donors (Lipinski definition) is 1. The Morgan fingerprint density at radius 3 is 2.46 bits per heavy atom. The molecule has 2 N–H and O–H groups in total. The quantitative estimate of drug-likeness (QED) is 0.702. The molecule has 0 aromatic rings. The summed E-state index contributed by atoms with van der Waals surface area (Å²) >= 11 is 0. The summed E-state index contributed by atoms with van der Waals surface area (Å²) in [6.07, 6.45) is 0. The summed E-state index contributed by atoms with van der Waals surface area (Å²) in [6, 6.07) is 0.202. The highest BCUT2D eigenvalue weighted by atomic mass is 16.5. The zero-order chi connectivity index (χ0) is 9.90. The lowest BCUT2D eigenvalue weighted by molar-refractivity contribution is 0.124. The van der Waals surface area contributed by atoms with Crippen molar-refractivity contribution >= 4 is 0 Å². The van der Waals surface area contributed by atoms with E-state index < -0.39 is 0 Å². The van der Waals surface area contributed by atoms with Gasteiger partial charge in [-0.2, -0.15) is 0 Å². The molecule has 0 radical (unpaired) electrons. The number of ether oxygens (including phenoxy) is 1. The lowest BCUT2D eigenvalue weighted by Gasteiger charge is -2.32. The summed E-state index contributed by atoms with van der Waals surface area (Å²) in [5, 5.41) is 0. The largest absolute Gasteiger partial charge is 0.379 e. The Hall–Kier alpha value is -0.120. The molecule has 0 aromatic carbocycles. The fourth-order valence-electron chi connectivity index (χ4n) is 1.85. The second-order valence-electron chi connectivity index (χ2n) is 4.24. The minimum absolute atomic E-state index is 0.159. The van der Waals surface area contributed by atoms with Crippen LogP contribution >= 0.6 is 0 Å². The third kappa shape index (κ3) is 2.42. The Kier molecular flexibility index (Phi) is 3.71. The SMILES string of the molecule is CCN(CC)CC1(C)COCC1N. The normalized spacial score (nSPS) is 34.4. The van der Waals surface area contributed by atoms with E-state index >= 15 is 0 Å². The van der Waals surface area contributed by atoms with E-state index in [0.717, 1.165) is 32.8 Å². The number of rotatable bonds is 4. The molecule has 0 aliphatic carbocycles. The first-order valence-electron chi connectivity index (χ1n) is 5.18. The summed E-state index contributed by atoms with van der Waals surface area (Å²) in [5.74, 6) is 0. The standard InChI is InChI=1S/C10H22N2O/c1-4-12(5-2)7-10(3)8-13-6-9(10)11/h9H,4-8,11H2,1-3H3. The zero-order valence-corrected chi connectivity index (χ0v) is 9.05. The Balaban J connectivity index is 2.49. The average Bonchev–Trinajstić information content (AvgIpc) is 2.44. The fraction of sp³-hybridized carbons (Fsp3) is 1.00. The molecule has 2 atom stereocenters. The summed E-state index contributed by atoms with van der Waals surface area (Å²) < 4.78 is 5.41. The number of nitrogens with zero attached hydrogens (tertiary/aromatic N) is 1. The minimum Gasteiger partial charge on any atom is -0.379 e. The van der Waals surface area contributed by atoms with Gasteiger partial charge >= 0.3 is 0 Å². The van der Waals surface area contributed by atoms with Gasteiger partial charge in [-0.3, -0.25) is 0 Å². The number of nitrogens with two attached hydrogens (primary N) is 1. The highest BCUT2D eigenvalue weighted by Crippen LogP contribution is 2.27. The van der Waals surface area contributed by atoms with E-state index in [2.05, 4.69) is 25.7 Å². The van der Waals surface area contributed by atoms with Crippen molar-refractivity contribution in [3.63, 3.8) is 0 Å². The highest BCUT2D eigenvalue weighted by Gasteiger charge is 2.38. The van der Waals surface area contributed by atoms with Gasteiger partial charge in [-0.05, 0) is 13.1 Å². The van der Waals surface area contributed by atoms with Crippen LogP contribution in [0, 0.1) is 5.41 Å². The third-order valence-electron chi connectivity index (χ3n) is 3.10. The van der Waals surface area contributed by atoms with Gasteiger partial charge in [0.2, 0.25) is 0 Å². The lowest BCUT2D eigenvalue weighted by Crippen LogP contribution is -2.46. The second kappa shape index (κ2) is 4.40. The molecule has 1 aliphatic heterocycles. The Morgan fingerprint density at radius 1 is 1.46 bits per heavy atom. The van der Waals surface area contributed by atoms with Gasteiger partial charge in [-0.25, -0.2) is 0 Å². The first-order chi connectivity index (χ1) is 6.12. The molecule has 1 rings (SSSR count). The molecule has 1 saturated heterocycles. The van der Waals surface area contributed by atoms with E-state index in [1.165, 1.54) is 0 Å². The van der Waals surface area contributed by atoms with E-state index in [9.17, 15) is 0 Å². The van der Waals surface area contributed by atoms with E-state index in [4.69, 9.17) is 10.5 Å². The van der Waals surface area contributed by atoms with E-state index in [0.29, 0.717) is 0 Å². The van der Waals surface area contributed by atoms with Crippen molar-refractivity contribution in [1.29, 1.82) is 0 Å². The predicted molar refractivity (Wildman–Crippen MR) is 54.7 cm³/mol. The van der Waals surface area contributed by atoms with Crippen LogP contribution in [-0.2, 0) is 4.74 Å². The van der Waals surface area contributed by atoms with Gasteiger partial charge in [-0.1, -0.05) is 20.8 Å². The summed E-state index contributed by atoms with van der Waals surface area (Å²) in [4.78, 5) is 2.41. The van der Waals surface area contributed by atoms with Crippen molar-refractivity contribution in [3.8, 4) is 0 Å². The average molecular weight is 186 g/mol. The van der Waals surface area contributed by atoms with Gasteiger partial charge in [0, 0.05) is 18.0 Å². The molecule has 0 amide bonds. The molecule has 1 fully saturated rings. The highest BCUT2D eigenvalue weighted by molar-refractivity contribution is 4.92. The molecule has 78 valence electrons. The van der Waals surface area contributed by atoms with Crippen LogP contribution in [0.3, 0.4) is 0 Å². The lowest BCUT2D eigenvalue weighted by atomic mass is 9.85. The van der Waals surface area contributed by atoms with Crippen molar-refractivity contribution in [1.82, 2.24) is 4.90 Å². The van der Waals surface area contributed by atoms with Gasteiger partial charge in [0.15, 0.2) is 0 Å². The molecular weight excluding hydrogens is 164 g/mol. The van der Waals surface area contributed by atoms with Gasteiger partial charge < -0.3 is 15.4 Å². The first kappa shape index (κ1) is 11.0. The van der Waals surface area contributed by atoms with Crippen LogP contribution in [0.15, 0.2) is 0 Å². The molecular formula is C10H22N2O. The molecule has 3 heteroatoms. The summed E-state index contributed by atoms with van der Waals surface area (Å²) in [7, 11) is 0. The molecule has 3 nitrogen and oxygen atoms in total. The third-order valence-corrected chi connectivity index (χ3v) is 3.10. The van der Waals surface area contributed by atoms with Crippen LogP contribution in [0.1, 0.15) is 20.8 Å². The monoisotopic (exact) mass is 186 g/mol. The van der Waals surface area contributed by atoms with Crippen molar-refractivity contribution in [3.05, 3.63) is 0 Å². The Labute approximate surface area is 81.2 Å². The van der Waals surface area contributed by atoms with Crippen LogP contribution in [0.2, 0.25) is 0 Å². The van der Waals surface area contributed by atoms with Crippen LogP contribution in [0.5, 0.6) is 0 Å². The van der Waals surface area contributed by atoms with E-state index in [1.807, 2.05) is 0 Å². The van der Waals surface area contributed by atoms with Crippen molar-refractivity contribution in [2.45, 2.75) is 26.8 Å². The number of hydrogen-bond acceptors (Lipinski definition) is 3. The van der Waals surface area contributed by atoms with Gasteiger partial charge in [0.05, 0.1) is 13.2 Å². The van der Waals surface area contributed by atoms with Crippen molar-refractivity contribution in [2.75, 3.05) is 32.8 Å². The molecule has 0 aromatic heterocycles. The molecule has 1 heterocycles. The Morgan fingerprint density at radius 2 is 2.08 bits per heavy atom. The van der Waals surface area contributed by atoms with Gasteiger partial charge in [0.25, 0.3) is 0 Å². The van der Waals surface area contributed by atoms with Crippen LogP contribution in [-0.4, -0.2) is 43.8 Å². The van der Waals surface area contributed by atoms with Gasteiger partial charge in [-0.15, -0.1) is 0 Å². The van der Waals surface area contributed by atoms with Crippen molar-refractivity contribution in [2.24, 2.45) is 11.1 Å². The maximum atomic E-state index is 6.02. The van der Waals surface area contributed by atoms with Gasteiger partial charge in [0.1, 0.15) is 0 Å². The smallest absolute Gasteiger partial charge is 0.0624 e. The zero-order valence-electron chi connectivity index (χ0n) is 9.05. The van der Waals surface area contributed by atoms with Crippen LogP contribution in [0.4, 0.5) is 0 Å². The predicted octanol–water partition coefficient (Wildman–Crippen LogP) is 0.692. The Bertz CT molecular complexity index is 159. The topological polar surface area (TPSA) is 38.5 Å². The molecule has 1 aliphatic rings. The molecule has 13 heavy (non-hydrogen) atoms. The maximum Gasteiger partial charge on any atom is 0.0624 e. The molecule has 0 saturated carbocycles. The first-order valence-corrected chi connectivity index (χ1v) is 5.18. The van der Waals surface area contributed by atoms with Crippen molar-refractivity contribution < 1.29 is 4.74 Å². The molecule has 0 spiro atoms. The fourth-order valence-corrected chi connectivity index (χ4v) is 1.85. The van der Waals surface area contributed by atoms with Crippen LogP contribution < -0.4 is 5.73 Å². The minimum atomic E-state index is 0.159. The maximum absolute atomic E-state index is 6.02. The van der Waals surface area contributed by atoms with E-state index in [-0.39, 0.29) is 11.5 Å². The second-order valence-corrected chi connectivity index (χ2v) is 4.24. The molecule has 2 unspecified atom stereocenters. The van der Waals surface area contributed by atoms with E-state index in [1.54, 1.807) is 0 Å². The summed E-state index contributed by atoms with van der Waals surface area (Å²) in [5.41, 5.74) is 6.18.